The zero-order valence-corrected chi connectivity index (χ0v) is 20.7. The van der Waals surface area contributed by atoms with Crippen LogP contribution < -0.4 is 80.0 Å². The number of anilines is 2. The van der Waals surface area contributed by atoms with Gasteiger partial charge in [-0.2, -0.15) is 0 Å². The largest absolute Gasteiger partial charge is 1.00 e. The van der Waals surface area contributed by atoms with E-state index in [4.69, 9.17) is 9.79 Å². The van der Waals surface area contributed by atoms with Crippen molar-refractivity contribution in [2.75, 3.05) is 5.32 Å². The summed E-state index contributed by atoms with van der Waals surface area (Å²) in [6.07, 6.45) is 0. The number of nitrogens with zero attached hydrogens (tertiary/aromatic N) is 3. The number of benzene rings is 1. The fraction of sp³-hybridized carbons (Fsp3) is 0.200. The average molecular weight is 407 g/mol. The Labute approximate surface area is 201 Å². The van der Waals surface area contributed by atoms with Gasteiger partial charge in [-0.05, 0) is 26.8 Å². The first kappa shape index (κ1) is 26.4. The molecule has 0 bridgehead atoms. The molecule has 0 radical (unpaired) electrons. The van der Waals surface area contributed by atoms with Crippen LogP contribution in [0.4, 0.5) is 11.9 Å². The molecule has 132 valence electrons. The van der Waals surface area contributed by atoms with Crippen LogP contribution in [0.25, 0.3) is 10.9 Å². The van der Waals surface area contributed by atoms with Crippen LogP contribution in [0.1, 0.15) is 17.0 Å². The van der Waals surface area contributed by atoms with Gasteiger partial charge in [-0.3, -0.25) is 15.1 Å². The number of aryl methyl sites for hydroxylation is 2. The molecule has 0 aliphatic heterocycles. The van der Waals surface area contributed by atoms with Gasteiger partial charge in [-0.15, -0.1) is 5.75 Å². The van der Waals surface area contributed by atoms with Crippen molar-refractivity contribution < 1.29 is 74.0 Å². The van der Waals surface area contributed by atoms with Crippen LogP contribution in [0.3, 0.4) is 0 Å². The van der Waals surface area contributed by atoms with E-state index < -0.39 is 9.03 Å². The Morgan fingerprint density at radius 3 is 2.33 bits per heavy atom. The summed E-state index contributed by atoms with van der Waals surface area (Å²) in [4.78, 5) is 42.8. The molecule has 0 saturated carbocycles. The molecule has 1 aromatic carbocycles. The Hall–Kier alpha value is -0.610. The second-order valence-corrected chi connectivity index (χ2v) is 5.34. The Bertz CT molecular complexity index is 971. The molecule has 1 unspecified atom stereocenters. The van der Waals surface area contributed by atoms with Crippen molar-refractivity contribution in [3.63, 3.8) is 0 Å². The summed E-state index contributed by atoms with van der Waals surface area (Å²) in [5, 5.41) is 15.1. The first-order valence-corrected chi connectivity index (χ1v) is 8.02. The molecular formula is C15H16N5Na2O4P. The topological polar surface area (TPSA) is 150 Å². The van der Waals surface area contributed by atoms with Gasteiger partial charge in [-0.1, -0.05) is 21.2 Å². The van der Waals surface area contributed by atoms with Crippen molar-refractivity contribution in [3.8, 4) is 5.75 Å². The minimum Gasteiger partial charge on any atom is -0.872 e. The smallest absolute Gasteiger partial charge is 0.872 e. The molecule has 0 amide bonds. The molecule has 9 nitrogen and oxygen atoms in total. The quantitative estimate of drug-likeness (QED) is 0.281. The molecule has 0 spiro atoms. The Balaban J connectivity index is 0.00000127. The molecule has 2 aromatic heterocycles. The van der Waals surface area contributed by atoms with Gasteiger partial charge in [0.1, 0.15) is 0 Å². The molecule has 3 rings (SSSR count). The van der Waals surface area contributed by atoms with Crippen LogP contribution >= 0.6 is 9.03 Å². The maximum Gasteiger partial charge on any atom is 1.00 e. The molecule has 3 N–H and O–H groups in total. The molecule has 0 aliphatic rings. The van der Waals surface area contributed by atoms with Crippen LogP contribution in [-0.4, -0.2) is 24.8 Å². The second-order valence-electron chi connectivity index (χ2n) is 5.15. The van der Waals surface area contributed by atoms with Crippen LogP contribution in [0.15, 0.2) is 23.0 Å². The van der Waals surface area contributed by atoms with E-state index in [2.05, 4.69) is 25.3 Å². The predicted octanol–water partition coefficient (Wildman–Crippen LogP) is -5.69. The molecule has 27 heavy (non-hydrogen) atoms. The third-order valence-electron chi connectivity index (χ3n) is 3.48. The standard InChI is InChI=1S/C15H15N5O2.2Na.H2O2P/c1-7-8(2)16-15(19-13(7)22)20-14-17-9(3)11-5-4-10(21)6-12(11)18-14;;;1-3-2/h4-6,21H,1-3H3,(H2,16,17,18,19,20,22);;;1,3H/q;2*+1;-1/p-1. The number of rotatable bonds is 2. The molecule has 1 atom stereocenters. The first-order valence-electron chi connectivity index (χ1n) is 7.17. The monoisotopic (exact) mass is 407 g/mol. The number of fused-ring (bicyclic) bond motifs is 1. The third kappa shape index (κ3) is 7.05. The van der Waals surface area contributed by atoms with E-state index in [0.29, 0.717) is 16.8 Å². The van der Waals surface area contributed by atoms with E-state index >= 15 is 0 Å². The Morgan fingerprint density at radius 2 is 1.74 bits per heavy atom. The zero-order valence-electron chi connectivity index (χ0n) is 15.7. The zero-order chi connectivity index (χ0) is 18.6. The van der Waals surface area contributed by atoms with Gasteiger partial charge in [0.15, 0.2) is 0 Å². The SMILES string of the molecule is Cc1nc(Nc2nc(C)c3ccc([O-])cc3n2)[nH]c(=O)c1C.[Na+].[Na+].[O-]PO. The minimum atomic E-state index is -1.17. The van der Waals surface area contributed by atoms with Gasteiger partial charge in [0.25, 0.3) is 5.56 Å². The van der Waals surface area contributed by atoms with Crippen LogP contribution in [0, 0.1) is 20.8 Å². The number of aromatic amines is 1. The van der Waals surface area contributed by atoms with Crippen molar-refractivity contribution in [2.24, 2.45) is 0 Å². The summed E-state index contributed by atoms with van der Waals surface area (Å²) in [5.74, 6) is 0.432. The summed E-state index contributed by atoms with van der Waals surface area (Å²) in [6.45, 7) is 5.29. The number of hydrogen-bond donors (Lipinski definition) is 3. The van der Waals surface area contributed by atoms with Crippen molar-refractivity contribution >= 4 is 31.8 Å². The van der Waals surface area contributed by atoms with E-state index in [1.165, 1.54) is 12.1 Å². The van der Waals surface area contributed by atoms with E-state index in [-0.39, 0.29) is 82.3 Å². The normalized spacial score (nSPS) is 9.96. The number of hydrogen-bond acceptors (Lipinski definition) is 8. The van der Waals surface area contributed by atoms with E-state index in [1.807, 2.05) is 6.92 Å². The van der Waals surface area contributed by atoms with Gasteiger partial charge in [0.2, 0.25) is 11.9 Å². The van der Waals surface area contributed by atoms with Gasteiger partial charge >= 0.3 is 59.1 Å². The van der Waals surface area contributed by atoms with Crippen LogP contribution in [0.2, 0.25) is 0 Å². The van der Waals surface area contributed by atoms with Gasteiger partial charge in [0.05, 0.1) is 11.2 Å². The van der Waals surface area contributed by atoms with E-state index in [0.717, 1.165) is 11.1 Å². The maximum absolute atomic E-state index is 11.8. The van der Waals surface area contributed by atoms with Crippen molar-refractivity contribution in [1.29, 1.82) is 0 Å². The summed E-state index contributed by atoms with van der Waals surface area (Å²) in [6, 6.07) is 4.63. The molecule has 12 heteroatoms. The summed E-state index contributed by atoms with van der Waals surface area (Å²) in [7, 11) is -1.17. The fourth-order valence-electron chi connectivity index (χ4n) is 2.13. The molecule has 3 aromatic rings. The van der Waals surface area contributed by atoms with E-state index in [9.17, 15) is 9.90 Å². The predicted molar refractivity (Wildman–Crippen MR) is 91.9 cm³/mol. The molecule has 0 saturated heterocycles. The summed E-state index contributed by atoms with van der Waals surface area (Å²) >= 11 is 0. The first-order chi connectivity index (χ1) is 11.8. The van der Waals surface area contributed by atoms with E-state index in [1.54, 1.807) is 19.9 Å². The summed E-state index contributed by atoms with van der Waals surface area (Å²) < 4.78 is 0. The van der Waals surface area contributed by atoms with Gasteiger partial charge < -0.3 is 14.9 Å². The van der Waals surface area contributed by atoms with Gasteiger partial charge in [0, 0.05) is 16.6 Å². The van der Waals surface area contributed by atoms with Crippen molar-refractivity contribution in [3.05, 3.63) is 45.5 Å². The second kappa shape index (κ2) is 12.1. The van der Waals surface area contributed by atoms with Crippen LogP contribution in [-0.2, 0) is 0 Å². The number of aromatic nitrogens is 4. The molecular weight excluding hydrogens is 391 g/mol. The van der Waals surface area contributed by atoms with Crippen molar-refractivity contribution in [1.82, 2.24) is 19.9 Å². The van der Waals surface area contributed by atoms with Crippen LogP contribution in [0.5, 0.6) is 5.75 Å². The maximum atomic E-state index is 11.8. The molecule has 0 fully saturated rings. The number of H-pyrrole nitrogens is 1. The van der Waals surface area contributed by atoms with Gasteiger partial charge in [-0.25, -0.2) is 15.0 Å². The third-order valence-corrected chi connectivity index (χ3v) is 3.48. The Morgan fingerprint density at radius 1 is 1.11 bits per heavy atom. The number of nitrogens with one attached hydrogen (secondary N) is 2. The molecule has 0 aliphatic carbocycles. The van der Waals surface area contributed by atoms with Crippen molar-refractivity contribution in [2.45, 2.75) is 20.8 Å². The minimum absolute atomic E-state index is 0. The molecule has 2 heterocycles. The fourth-order valence-corrected chi connectivity index (χ4v) is 2.13. The Kier molecular flexibility index (Phi) is 11.8. The average Bonchev–Trinajstić information content (AvgIpc) is 2.53. The summed E-state index contributed by atoms with van der Waals surface area (Å²) in [5.41, 5.74) is 2.27.